The molecule has 34 heavy (non-hydrogen) atoms. The zero-order valence-electron chi connectivity index (χ0n) is 19.6. The third kappa shape index (κ3) is 5.74. The molecule has 2 aromatic rings. The highest BCUT2D eigenvalue weighted by Gasteiger charge is 2.27. The van der Waals surface area contributed by atoms with Gasteiger partial charge in [0.05, 0.1) is 12.9 Å². The molecule has 0 atom stereocenters. The standard InChI is InChI=1S/C24H28N4O6/c1-17-13-19(18(2)28(17)10-12-32-3)14-20(15-25)24(31)34-16-22(29)26-6-8-27(9-7-26)23(30)21-5-4-11-33-21/h4-5,11,13-14H,6-10,12,16H2,1-3H3/b20-14-. The third-order valence-electron chi connectivity index (χ3n) is 5.75. The Labute approximate surface area is 197 Å². The van der Waals surface area contributed by atoms with Gasteiger partial charge in [-0.15, -0.1) is 0 Å². The molecule has 1 aliphatic heterocycles. The van der Waals surface area contributed by atoms with Gasteiger partial charge in [0.15, 0.2) is 12.4 Å². The highest BCUT2D eigenvalue weighted by atomic mass is 16.5. The zero-order chi connectivity index (χ0) is 24.7. The van der Waals surface area contributed by atoms with Crippen LogP contribution in [0.2, 0.25) is 0 Å². The highest BCUT2D eigenvalue weighted by molar-refractivity contribution is 5.99. The predicted octanol–water partition coefficient (Wildman–Crippen LogP) is 1.78. The van der Waals surface area contributed by atoms with E-state index in [0.717, 1.165) is 17.0 Å². The van der Waals surface area contributed by atoms with Gasteiger partial charge in [-0.1, -0.05) is 0 Å². The van der Waals surface area contributed by atoms with Gasteiger partial charge < -0.3 is 28.3 Å². The Morgan fingerprint density at radius 1 is 1.18 bits per heavy atom. The van der Waals surface area contributed by atoms with E-state index >= 15 is 0 Å². The van der Waals surface area contributed by atoms with Crippen LogP contribution in [0.3, 0.4) is 0 Å². The van der Waals surface area contributed by atoms with E-state index in [9.17, 15) is 19.6 Å². The minimum Gasteiger partial charge on any atom is -0.459 e. The topological polar surface area (TPSA) is 118 Å². The van der Waals surface area contributed by atoms with Crippen molar-refractivity contribution in [1.82, 2.24) is 14.4 Å². The summed E-state index contributed by atoms with van der Waals surface area (Å²) in [5.41, 5.74) is 2.42. The van der Waals surface area contributed by atoms with E-state index in [1.54, 1.807) is 24.1 Å². The number of piperazine rings is 1. The molecule has 1 aliphatic rings. The van der Waals surface area contributed by atoms with Crippen molar-refractivity contribution < 1.29 is 28.3 Å². The van der Waals surface area contributed by atoms with Crippen LogP contribution in [0.5, 0.6) is 0 Å². The highest BCUT2D eigenvalue weighted by Crippen LogP contribution is 2.19. The smallest absolute Gasteiger partial charge is 0.349 e. The van der Waals surface area contributed by atoms with Gasteiger partial charge in [-0.05, 0) is 43.7 Å². The van der Waals surface area contributed by atoms with Crippen LogP contribution in [0.4, 0.5) is 0 Å². The molecule has 1 saturated heterocycles. The number of methoxy groups -OCH3 is 1. The molecule has 10 nitrogen and oxygen atoms in total. The number of hydrogen-bond acceptors (Lipinski definition) is 7. The molecule has 1 fully saturated rings. The Morgan fingerprint density at radius 2 is 1.88 bits per heavy atom. The number of aryl methyl sites for hydroxylation is 1. The van der Waals surface area contributed by atoms with Crippen LogP contribution < -0.4 is 0 Å². The summed E-state index contributed by atoms with van der Waals surface area (Å²) < 4.78 is 17.4. The molecule has 0 radical (unpaired) electrons. The van der Waals surface area contributed by atoms with Crippen LogP contribution in [-0.2, 0) is 25.6 Å². The Balaban J connectivity index is 1.54. The van der Waals surface area contributed by atoms with Crippen molar-refractivity contribution in [1.29, 1.82) is 5.26 Å². The molecule has 0 saturated carbocycles. The minimum atomic E-state index is -0.857. The first-order chi connectivity index (χ1) is 16.3. The summed E-state index contributed by atoms with van der Waals surface area (Å²) in [7, 11) is 1.63. The normalized spacial score (nSPS) is 14.1. The molecule has 0 unspecified atom stereocenters. The fourth-order valence-corrected chi connectivity index (χ4v) is 3.80. The Kier molecular flexibility index (Phi) is 8.27. The maximum atomic E-state index is 12.5. The first-order valence-electron chi connectivity index (χ1n) is 10.9. The van der Waals surface area contributed by atoms with E-state index in [1.807, 2.05) is 30.6 Å². The maximum absolute atomic E-state index is 12.5. The molecule has 10 heteroatoms. The first-order valence-corrected chi connectivity index (χ1v) is 10.9. The van der Waals surface area contributed by atoms with Gasteiger partial charge in [0.2, 0.25) is 0 Å². The fraction of sp³-hybridized carbons (Fsp3) is 0.417. The first kappa shape index (κ1) is 24.8. The molecule has 2 aromatic heterocycles. The Bertz CT molecular complexity index is 1100. The molecule has 0 aliphatic carbocycles. The van der Waals surface area contributed by atoms with Crippen molar-refractivity contribution >= 4 is 23.9 Å². The molecule has 3 rings (SSSR count). The van der Waals surface area contributed by atoms with Gasteiger partial charge in [0.1, 0.15) is 11.6 Å². The molecule has 0 bridgehead atoms. The van der Waals surface area contributed by atoms with Crippen LogP contribution >= 0.6 is 0 Å². The summed E-state index contributed by atoms with van der Waals surface area (Å²) in [6, 6.07) is 6.98. The minimum absolute atomic E-state index is 0.186. The van der Waals surface area contributed by atoms with Crippen LogP contribution in [0.15, 0.2) is 34.5 Å². The van der Waals surface area contributed by atoms with E-state index in [1.165, 1.54) is 17.2 Å². The van der Waals surface area contributed by atoms with Crippen LogP contribution in [-0.4, -0.2) is 78.7 Å². The van der Waals surface area contributed by atoms with Crippen molar-refractivity contribution in [3.63, 3.8) is 0 Å². The molecule has 2 amide bonds. The molecular formula is C24H28N4O6. The third-order valence-corrected chi connectivity index (χ3v) is 5.75. The SMILES string of the molecule is COCCn1c(C)cc(/C=C(/C#N)C(=O)OCC(=O)N2CCN(C(=O)c3ccco3)CC2)c1C. The van der Waals surface area contributed by atoms with E-state index in [4.69, 9.17) is 13.9 Å². The average Bonchev–Trinajstić information content (AvgIpc) is 3.47. The van der Waals surface area contributed by atoms with Crippen molar-refractivity contribution in [3.8, 4) is 6.07 Å². The van der Waals surface area contributed by atoms with Gasteiger partial charge >= 0.3 is 5.97 Å². The van der Waals surface area contributed by atoms with Crippen LogP contribution in [0.25, 0.3) is 6.08 Å². The van der Waals surface area contributed by atoms with E-state index in [-0.39, 0.29) is 23.1 Å². The number of furan rings is 1. The van der Waals surface area contributed by atoms with Crippen molar-refractivity contribution in [2.75, 3.05) is 46.5 Å². The number of ether oxygens (including phenoxy) is 2. The largest absolute Gasteiger partial charge is 0.459 e. The number of carbonyl (C=O) groups excluding carboxylic acids is 3. The Hall–Kier alpha value is -3.84. The average molecular weight is 469 g/mol. The van der Waals surface area contributed by atoms with Crippen molar-refractivity contribution in [2.24, 2.45) is 0 Å². The number of aromatic nitrogens is 1. The van der Waals surface area contributed by atoms with Gasteiger partial charge in [0.25, 0.3) is 11.8 Å². The Morgan fingerprint density at radius 3 is 2.50 bits per heavy atom. The number of nitrogens with zero attached hydrogens (tertiary/aromatic N) is 4. The van der Waals surface area contributed by atoms with Gasteiger partial charge in [-0.25, -0.2) is 4.79 Å². The lowest BCUT2D eigenvalue weighted by atomic mass is 10.1. The number of esters is 1. The number of carbonyl (C=O) groups is 3. The van der Waals surface area contributed by atoms with Gasteiger partial charge in [-0.2, -0.15) is 5.26 Å². The van der Waals surface area contributed by atoms with Crippen molar-refractivity contribution in [3.05, 3.63) is 52.7 Å². The van der Waals surface area contributed by atoms with E-state index < -0.39 is 12.6 Å². The lowest BCUT2D eigenvalue weighted by molar-refractivity contribution is -0.149. The van der Waals surface area contributed by atoms with E-state index in [0.29, 0.717) is 39.3 Å². The number of nitriles is 1. The van der Waals surface area contributed by atoms with E-state index in [2.05, 4.69) is 0 Å². The lowest BCUT2D eigenvalue weighted by Gasteiger charge is -2.34. The summed E-state index contributed by atoms with van der Waals surface area (Å²) in [6.45, 7) is 5.89. The monoisotopic (exact) mass is 468 g/mol. The maximum Gasteiger partial charge on any atom is 0.349 e. The molecule has 0 aromatic carbocycles. The fourth-order valence-electron chi connectivity index (χ4n) is 3.80. The van der Waals surface area contributed by atoms with Gasteiger partial charge in [-0.3, -0.25) is 9.59 Å². The summed E-state index contributed by atoms with van der Waals surface area (Å²) >= 11 is 0. The second kappa shape index (κ2) is 11.3. The summed E-state index contributed by atoms with van der Waals surface area (Å²) in [6.07, 6.45) is 2.90. The second-order valence-electron chi connectivity index (χ2n) is 7.87. The summed E-state index contributed by atoms with van der Waals surface area (Å²) in [5, 5.41) is 9.45. The van der Waals surface area contributed by atoms with Crippen LogP contribution in [0.1, 0.15) is 27.5 Å². The molecule has 3 heterocycles. The molecule has 0 N–H and O–H groups in total. The van der Waals surface area contributed by atoms with Crippen LogP contribution in [0, 0.1) is 25.2 Å². The predicted molar refractivity (Wildman–Crippen MR) is 122 cm³/mol. The lowest BCUT2D eigenvalue weighted by Crippen LogP contribution is -2.51. The number of hydrogen-bond donors (Lipinski definition) is 0. The van der Waals surface area contributed by atoms with Crippen molar-refractivity contribution in [2.45, 2.75) is 20.4 Å². The summed E-state index contributed by atoms with van der Waals surface area (Å²) in [5.74, 6) is -1.21. The number of rotatable bonds is 8. The molecule has 0 spiro atoms. The molecular weight excluding hydrogens is 440 g/mol. The quantitative estimate of drug-likeness (QED) is 0.329. The second-order valence-corrected chi connectivity index (χ2v) is 7.87. The zero-order valence-corrected chi connectivity index (χ0v) is 19.6. The number of amides is 2. The molecule has 180 valence electrons. The summed E-state index contributed by atoms with van der Waals surface area (Å²) in [4.78, 5) is 40.4. The van der Waals surface area contributed by atoms with Gasteiger partial charge in [0, 0.05) is 51.2 Å².